The van der Waals surface area contributed by atoms with E-state index >= 15 is 0 Å². The summed E-state index contributed by atoms with van der Waals surface area (Å²) in [4.78, 5) is 15.9. The highest BCUT2D eigenvalue weighted by Gasteiger charge is 2.30. The van der Waals surface area contributed by atoms with Crippen molar-refractivity contribution in [3.05, 3.63) is 74.7 Å². The molecule has 4 atom stereocenters. The third-order valence-electron chi connectivity index (χ3n) is 7.39. The minimum atomic E-state index is -0.578. The fourth-order valence-electron chi connectivity index (χ4n) is 4.99. The Bertz CT molecular complexity index is 1370. The van der Waals surface area contributed by atoms with E-state index in [1.165, 1.54) is 7.11 Å². The molecule has 7 nitrogen and oxygen atoms in total. The van der Waals surface area contributed by atoms with Gasteiger partial charge in [0.1, 0.15) is 17.5 Å². The number of carbonyl (C=O) groups excluding carboxylic acids is 1. The van der Waals surface area contributed by atoms with E-state index in [2.05, 4.69) is 28.2 Å². The number of aromatic hydroxyl groups is 1. The van der Waals surface area contributed by atoms with Crippen LogP contribution in [0.4, 0.5) is 0 Å². The van der Waals surface area contributed by atoms with E-state index in [4.69, 9.17) is 25.8 Å². The fraction of sp³-hybridized carbons (Fsp3) is 0.367. The summed E-state index contributed by atoms with van der Waals surface area (Å²) in [5.41, 5.74) is 2.61. The molecule has 4 bridgehead atoms. The highest BCUT2D eigenvalue weighted by atomic mass is 79.9. The molecular formula is C30H34BrClN2O5. The average Bonchev–Trinajstić information content (AvgIpc) is 2.88. The van der Waals surface area contributed by atoms with E-state index in [1.807, 2.05) is 62.2 Å². The van der Waals surface area contributed by atoms with Crippen LogP contribution < -0.4 is 19.5 Å². The van der Waals surface area contributed by atoms with Gasteiger partial charge < -0.3 is 24.6 Å². The summed E-state index contributed by atoms with van der Waals surface area (Å²) in [6.07, 6.45) is 0. The standard InChI is InChI=1S/C30H34BrClN2O5/c1-16-15-34(4)28(20-8-9-25(37-5)22(31)11-20)30(36)33-18(3)17(2)19-7-10-26(23(32)12-19)39-27-14-21(16)13-24(35)29(27)38-6/h7-14,16-18,28,35H,15H2,1-6H3,(H,33,36)/t16-,17-,18+,28+/m0/s1. The van der Waals surface area contributed by atoms with Crippen LogP contribution in [0.1, 0.15) is 55.3 Å². The molecule has 0 saturated heterocycles. The van der Waals surface area contributed by atoms with Crippen molar-refractivity contribution >= 4 is 33.4 Å². The summed E-state index contributed by atoms with van der Waals surface area (Å²) < 4.78 is 17.8. The first-order valence-corrected chi connectivity index (χ1v) is 13.9. The van der Waals surface area contributed by atoms with Crippen molar-refractivity contribution in [2.75, 3.05) is 27.8 Å². The Labute approximate surface area is 243 Å². The Kier molecular flexibility index (Phi) is 8.99. The van der Waals surface area contributed by atoms with E-state index in [0.717, 1.165) is 21.2 Å². The molecule has 39 heavy (non-hydrogen) atoms. The van der Waals surface area contributed by atoms with Crippen molar-refractivity contribution < 1.29 is 24.1 Å². The van der Waals surface area contributed by atoms with Crippen molar-refractivity contribution in [3.63, 3.8) is 0 Å². The lowest BCUT2D eigenvalue weighted by Crippen LogP contribution is -2.44. The molecule has 0 radical (unpaired) electrons. The monoisotopic (exact) mass is 616 g/mol. The maximum absolute atomic E-state index is 13.9. The molecule has 9 heteroatoms. The number of nitrogens with zero attached hydrogens (tertiary/aromatic N) is 1. The Morgan fingerprint density at radius 2 is 1.72 bits per heavy atom. The van der Waals surface area contributed by atoms with Gasteiger partial charge in [-0.15, -0.1) is 0 Å². The van der Waals surface area contributed by atoms with E-state index in [0.29, 0.717) is 28.8 Å². The number of halogens is 2. The molecule has 0 saturated carbocycles. The fourth-order valence-corrected chi connectivity index (χ4v) is 5.78. The van der Waals surface area contributed by atoms with Gasteiger partial charge in [0.2, 0.25) is 11.7 Å². The summed E-state index contributed by atoms with van der Waals surface area (Å²) in [6.45, 7) is 6.60. The zero-order valence-corrected chi connectivity index (χ0v) is 25.3. The first-order valence-electron chi connectivity index (χ1n) is 12.8. The molecule has 0 spiro atoms. The predicted molar refractivity (Wildman–Crippen MR) is 157 cm³/mol. The van der Waals surface area contributed by atoms with Gasteiger partial charge in [0.15, 0.2) is 11.5 Å². The second-order valence-corrected chi connectivity index (χ2v) is 11.3. The molecule has 208 valence electrons. The van der Waals surface area contributed by atoms with Gasteiger partial charge in [-0.2, -0.15) is 0 Å². The Hall–Kier alpha value is -2.94. The summed E-state index contributed by atoms with van der Waals surface area (Å²) in [7, 11) is 5.01. The zero-order valence-electron chi connectivity index (χ0n) is 22.9. The highest BCUT2D eigenvalue weighted by Crippen LogP contribution is 2.44. The van der Waals surface area contributed by atoms with Crippen molar-refractivity contribution in [1.29, 1.82) is 0 Å². The van der Waals surface area contributed by atoms with Gasteiger partial charge in [-0.05, 0) is 88.9 Å². The van der Waals surface area contributed by atoms with Crippen LogP contribution >= 0.6 is 27.5 Å². The van der Waals surface area contributed by atoms with Gasteiger partial charge in [-0.25, -0.2) is 0 Å². The van der Waals surface area contributed by atoms with Crippen LogP contribution in [0.5, 0.6) is 28.7 Å². The van der Waals surface area contributed by atoms with Crippen molar-refractivity contribution in [1.82, 2.24) is 10.2 Å². The van der Waals surface area contributed by atoms with Crippen LogP contribution in [0.3, 0.4) is 0 Å². The minimum absolute atomic E-state index is 0.0252. The predicted octanol–water partition coefficient (Wildman–Crippen LogP) is 7.02. The number of phenolic OH excluding ortho intramolecular Hbond substituents is 1. The maximum atomic E-state index is 13.9. The first kappa shape index (κ1) is 29.1. The van der Waals surface area contributed by atoms with E-state index in [9.17, 15) is 9.90 Å². The second-order valence-electron chi connectivity index (χ2n) is 10.1. The van der Waals surface area contributed by atoms with E-state index in [1.54, 1.807) is 19.2 Å². The molecule has 2 aliphatic rings. The number of fused-ring (bicyclic) bond motifs is 9. The third kappa shape index (κ3) is 6.13. The summed E-state index contributed by atoms with van der Waals surface area (Å²) >= 11 is 10.2. The van der Waals surface area contributed by atoms with Gasteiger partial charge in [0.05, 0.1) is 23.7 Å². The first-order chi connectivity index (χ1) is 18.5. The van der Waals surface area contributed by atoms with Crippen LogP contribution in [0.2, 0.25) is 5.02 Å². The lowest BCUT2D eigenvalue weighted by molar-refractivity contribution is -0.127. The molecule has 2 heterocycles. The molecular weight excluding hydrogens is 584 g/mol. The van der Waals surface area contributed by atoms with Crippen LogP contribution in [0, 0.1) is 0 Å². The van der Waals surface area contributed by atoms with Gasteiger partial charge in [-0.1, -0.05) is 37.6 Å². The minimum Gasteiger partial charge on any atom is -0.504 e. The number of ether oxygens (including phenoxy) is 3. The number of amides is 1. The van der Waals surface area contributed by atoms with Crippen LogP contribution in [0.25, 0.3) is 0 Å². The lowest BCUT2D eigenvalue weighted by atomic mass is 9.93. The molecule has 0 aliphatic carbocycles. The third-order valence-corrected chi connectivity index (χ3v) is 8.31. The van der Waals surface area contributed by atoms with Gasteiger partial charge in [0.25, 0.3) is 0 Å². The molecule has 2 N–H and O–H groups in total. The van der Waals surface area contributed by atoms with Crippen molar-refractivity contribution in [3.8, 4) is 28.7 Å². The molecule has 1 amide bonds. The molecule has 0 fully saturated rings. The molecule has 5 rings (SSSR count). The average molecular weight is 618 g/mol. The maximum Gasteiger partial charge on any atom is 0.242 e. The van der Waals surface area contributed by atoms with E-state index < -0.39 is 6.04 Å². The SMILES string of the molecule is COc1ccc([C@@H]2C(=O)N[C@H](C)[C@H](C)c3ccc(c(Cl)c3)Oc3cc(cc(O)c3OC)[C@@H](C)CN2C)cc1Br. The highest BCUT2D eigenvalue weighted by molar-refractivity contribution is 9.10. The number of methoxy groups -OCH3 is 2. The molecule has 3 aromatic carbocycles. The summed E-state index contributed by atoms with van der Waals surface area (Å²) in [5.74, 6) is 1.47. The Morgan fingerprint density at radius 3 is 2.36 bits per heavy atom. The second kappa shape index (κ2) is 12.1. The zero-order chi connectivity index (χ0) is 28.4. The van der Waals surface area contributed by atoms with Gasteiger partial charge in [-0.3, -0.25) is 9.69 Å². The van der Waals surface area contributed by atoms with Crippen molar-refractivity contribution in [2.45, 2.75) is 44.7 Å². The number of carbonyl (C=O) groups is 1. The molecule has 0 unspecified atom stereocenters. The number of nitrogens with one attached hydrogen (secondary N) is 1. The Morgan fingerprint density at radius 1 is 1.00 bits per heavy atom. The Balaban J connectivity index is 1.84. The van der Waals surface area contributed by atoms with Crippen LogP contribution in [-0.2, 0) is 4.79 Å². The number of phenols is 1. The number of hydrogen-bond acceptors (Lipinski definition) is 6. The summed E-state index contributed by atoms with van der Waals surface area (Å²) in [5, 5.41) is 14.4. The molecule has 3 aromatic rings. The van der Waals surface area contributed by atoms with Gasteiger partial charge >= 0.3 is 0 Å². The number of hydrogen-bond donors (Lipinski definition) is 2. The topological polar surface area (TPSA) is 80.3 Å². The largest absolute Gasteiger partial charge is 0.504 e. The number of benzene rings is 3. The van der Waals surface area contributed by atoms with Crippen LogP contribution in [-0.4, -0.2) is 49.8 Å². The lowest BCUT2D eigenvalue weighted by Gasteiger charge is -2.32. The van der Waals surface area contributed by atoms with Crippen molar-refractivity contribution in [2.24, 2.45) is 0 Å². The quantitative estimate of drug-likeness (QED) is 0.329. The van der Waals surface area contributed by atoms with Gasteiger partial charge in [0, 0.05) is 18.5 Å². The molecule has 0 aromatic heterocycles. The smallest absolute Gasteiger partial charge is 0.242 e. The molecule has 2 aliphatic heterocycles. The normalized spacial score (nSPS) is 22.2. The summed E-state index contributed by atoms with van der Waals surface area (Å²) in [6, 6.07) is 14.0. The van der Waals surface area contributed by atoms with Crippen LogP contribution in [0.15, 0.2) is 53.0 Å². The number of rotatable bonds is 3. The number of likely N-dealkylation sites (N-methyl/N-ethyl adjacent to an activating group) is 1. The van der Waals surface area contributed by atoms with E-state index in [-0.39, 0.29) is 35.3 Å².